The van der Waals surface area contributed by atoms with Crippen LogP contribution in [-0.4, -0.2) is 49.3 Å². The van der Waals surface area contributed by atoms with Crippen LogP contribution in [0.4, 0.5) is 20.2 Å². The Bertz CT molecular complexity index is 832. The molecular formula is C20H21F2N3O2. The van der Waals surface area contributed by atoms with Gasteiger partial charge in [0.2, 0.25) is 5.91 Å². The summed E-state index contributed by atoms with van der Waals surface area (Å²) in [6, 6.07) is 10.4. The van der Waals surface area contributed by atoms with Crippen LogP contribution in [-0.2, 0) is 4.79 Å². The van der Waals surface area contributed by atoms with Crippen LogP contribution in [0.15, 0.2) is 42.5 Å². The fourth-order valence-electron chi connectivity index (χ4n) is 3.06. The van der Waals surface area contributed by atoms with Crippen molar-refractivity contribution in [3.05, 3.63) is 59.7 Å². The minimum Gasteiger partial charge on any atom is -0.369 e. The highest BCUT2D eigenvalue weighted by Crippen LogP contribution is 2.18. The predicted octanol–water partition coefficient (Wildman–Crippen LogP) is 2.93. The fourth-order valence-corrected chi connectivity index (χ4v) is 3.06. The number of nitrogens with one attached hydrogen (secondary N) is 1. The molecule has 1 saturated heterocycles. The first-order valence-electron chi connectivity index (χ1n) is 8.75. The third-order valence-electron chi connectivity index (χ3n) is 4.58. The molecule has 142 valence electrons. The van der Waals surface area contributed by atoms with Crippen LogP contribution < -0.4 is 10.2 Å². The highest BCUT2D eigenvalue weighted by molar-refractivity contribution is 5.94. The van der Waals surface area contributed by atoms with E-state index in [1.165, 1.54) is 6.92 Å². The third kappa shape index (κ3) is 4.89. The molecule has 1 N–H and O–H groups in total. The minimum atomic E-state index is -0.663. The summed E-state index contributed by atoms with van der Waals surface area (Å²) in [6.07, 6.45) is 0. The monoisotopic (exact) mass is 373 g/mol. The minimum absolute atomic E-state index is 0.0344. The highest BCUT2D eigenvalue weighted by Gasteiger charge is 2.20. The summed E-state index contributed by atoms with van der Waals surface area (Å²) in [4.78, 5) is 27.6. The average molecular weight is 373 g/mol. The van der Waals surface area contributed by atoms with Crippen molar-refractivity contribution < 1.29 is 18.4 Å². The van der Waals surface area contributed by atoms with Crippen molar-refractivity contribution in [2.24, 2.45) is 0 Å². The van der Waals surface area contributed by atoms with E-state index >= 15 is 0 Å². The Labute approximate surface area is 156 Å². The Kier molecular flexibility index (Phi) is 5.81. The molecule has 0 aromatic heterocycles. The zero-order valence-electron chi connectivity index (χ0n) is 15.0. The first kappa shape index (κ1) is 19.0. The van der Waals surface area contributed by atoms with Gasteiger partial charge in [0.1, 0.15) is 11.6 Å². The number of hydrogen-bond acceptors (Lipinski definition) is 4. The van der Waals surface area contributed by atoms with Crippen LogP contribution in [0.2, 0.25) is 0 Å². The van der Waals surface area contributed by atoms with E-state index in [4.69, 9.17) is 0 Å². The standard InChI is InChI=1S/C20H21F2N3O2/c1-14(26)15-2-5-17(6-3-15)25-10-8-24(9-11-25)13-20(27)23-19-12-16(21)4-7-18(19)22/h2-7,12H,8-11,13H2,1H3,(H,23,27). The molecule has 1 heterocycles. The predicted molar refractivity (Wildman–Crippen MR) is 100 cm³/mol. The lowest BCUT2D eigenvalue weighted by Gasteiger charge is -2.35. The van der Waals surface area contributed by atoms with Crippen molar-refractivity contribution in [1.82, 2.24) is 4.90 Å². The van der Waals surface area contributed by atoms with Crippen LogP contribution in [0.3, 0.4) is 0 Å². The second-order valence-electron chi connectivity index (χ2n) is 6.54. The number of ketones is 1. The Morgan fingerprint density at radius 2 is 1.67 bits per heavy atom. The van der Waals surface area contributed by atoms with Gasteiger partial charge in [-0.3, -0.25) is 14.5 Å². The van der Waals surface area contributed by atoms with Crippen molar-refractivity contribution in [2.75, 3.05) is 42.9 Å². The van der Waals surface area contributed by atoms with Crippen LogP contribution >= 0.6 is 0 Å². The molecule has 1 aliphatic rings. The number of anilines is 2. The molecule has 2 aromatic carbocycles. The summed E-state index contributed by atoms with van der Waals surface area (Å²) in [5.74, 6) is -1.61. The van der Waals surface area contributed by atoms with Gasteiger partial charge in [-0.15, -0.1) is 0 Å². The number of piperazine rings is 1. The van der Waals surface area contributed by atoms with Gasteiger partial charge in [0.05, 0.1) is 12.2 Å². The number of nitrogens with zero attached hydrogens (tertiary/aromatic N) is 2. The maximum atomic E-state index is 13.6. The van der Waals surface area contributed by atoms with Crippen LogP contribution in [0.5, 0.6) is 0 Å². The first-order valence-corrected chi connectivity index (χ1v) is 8.75. The molecule has 0 saturated carbocycles. The Morgan fingerprint density at radius 3 is 2.30 bits per heavy atom. The van der Waals surface area contributed by atoms with Crippen molar-refractivity contribution in [1.29, 1.82) is 0 Å². The summed E-state index contributed by atoms with van der Waals surface area (Å²) >= 11 is 0. The van der Waals surface area contributed by atoms with Crippen molar-refractivity contribution in [2.45, 2.75) is 6.92 Å². The number of benzene rings is 2. The molecule has 0 atom stereocenters. The molecule has 0 unspecified atom stereocenters. The lowest BCUT2D eigenvalue weighted by molar-refractivity contribution is -0.117. The summed E-state index contributed by atoms with van der Waals surface area (Å²) in [5.41, 5.74) is 1.56. The second-order valence-corrected chi connectivity index (χ2v) is 6.54. The van der Waals surface area contributed by atoms with Gasteiger partial charge < -0.3 is 10.2 Å². The van der Waals surface area contributed by atoms with Crippen LogP contribution in [0.1, 0.15) is 17.3 Å². The lowest BCUT2D eigenvalue weighted by atomic mass is 10.1. The van der Waals surface area contributed by atoms with E-state index in [1.807, 2.05) is 29.2 Å². The molecular weight excluding hydrogens is 352 g/mol. The zero-order valence-corrected chi connectivity index (χ0v) is 15.0. The van der Waals surface area contributed by atoms with Gasteiger partial charge in [-0.25, -0.2) is 8.78 Å². The number of rotatable bonds is 5. The Morgan fingerprint density at radius 1 is 1.00 bits per heavy atom. The van der Waals surface area contributed by atoms with E-state index in [1.54, 1.807) is 0 Å². The van der Waals surface area contributed by atoms with Crippen LogP contribution in [0.25, 0.3) is 0 Å². The zero-order chi connectivity index (χ0) is 19.4. The summed E-state index contributed by atoms with van der Waals surface area (Å²) in [7, 11) is 0. The molecule has 1 fully saturated rings. The number of carbonyl (C=O) groups excluding carboxylic acids is 2. The first-order chi connectivity index (χ1) is 12.9. The van der Waals surface area contributed by atoms with Gasteiger partial charge in [-0.2, -0.15) is 0 Å². The molecule has 1 aliphatic heterocycles. The molecule has 2 aromatic rings. The quantitative estimate of drug-likeness (QED) is 0.819. The maximum absolute atomic E-state index is 13.6. The summed E-state index contributed by atoms with van der Waals surface area (Å²) in [6.45, 7) is 4.48. The molecule has 27 heavy (non-hydrogen) atoms. The molecule has 0 bridgehead atoms. The number of Topliss-reactive ketones (excluding diaryl/α,β-unsaturated/α-hetero) is 1. The molecule has 5 nitrogen and oxygen atoms in total. The fraction of sp³-hybridized carbons (Fsp3) is 0.300. The van der Waals surface area contributed by atoms with E-state index in [2.05, 4.69) is 10.2 Å². The number of carbonyl (C=O) groups is 2. The van der Waals surface area contributed by atoms with Gasteiger partial charge in [0.15, 0.2) is 5.78 Å². The van der Waals surface area contributed by atoms with Gasteiger partial charge in [-0.05, 0) is 43.3 Å². The van der Waals surface area contributed by atoms with Crippen molar-refractivity contribution in [3.63, 3.8) is 0 Å². The number of hydrogen-bond donors (Lipinski definition) is 1. The highest BCUT2D eigenvalue weighted by atomic mass is 19.1. The average Bonchev–Trinajstić information content (AvgIpc) is 2.65. The normalized spacial score (nSPS) is 14.9. The largest absolute Gasteiger partial charge is 0.369 e. The van der Waals surface area contributed by atoms with E-state index in [-0.39, 0.29) is 23.9 Å². The lowest BCUT2D eigenvalue weighted by Crippen LogP contribution is -2.48. The molecule has 0 radical (unpaired) electrons. The topological polar surface area (TPSA) is 52.7 Å². The van der Waals surface area contributed by atoms with Gasteiger partial charge >= 0.3 is 0 Å². The number of amides is 1. The second kappa shape index (κ2) is 8.26. The Hall–Kier alpha value is -2.80. The molecule has 0 spiro atoms. The van der Waals surface area contributed by atoms with Gasteiger partial charge in [0, 0.05) is 43.5 Å². The third-order valence-corrected chi connectivity index (χ3v) is 4.58. The molecule has 7 heteroatoms. The van der Waals surface area contributed by atoms with Gasteiger partial charge in [0.25, 0.3) is 0 Å². The molecule has 1 amide bonds. The SMILES string of the molecule is CC(=O)c1ccc(N2CCN(CC(=O)Nc3cc(F)ccc3F)CC2)cc1. The van der Waals surface area contributed by atoms with Crippen molar-refractivity contribution in [3.8, 4) is 0 Å². The number of halogens is 2. The maximum Gasteiger partial charge on any atom is 0.238 e. The van der Waals surface area contributed by atoms with E-state index in [0.717, 1.165) is 37.0 Å². The summed E-state index contributed by atoms with van der Waals surface area (Å²) < 4.78 is 26.8. The van der Waals surface area contributed by atoms with Crippen molar-refractivity contribution >= 4 is 23.1 Å². The Balaban J connectivity index is 1.51. The molecule has 3 rings (SSSR count). The van der Waals surface area contributed by atoms with E-state index in [0.29, 0.717) is 18.7 Å². The van der Waals surface area contributed by atoms with Gasteiger partial charge in [-0.1, -0.05) is 0 Å². The van der Waals surface area contributed by atoms with E-state index in [9.17, 15) is 18.4 Å². The molecule has 0 aliphatic carbocycles. The van der Waals surface area contributed by atoms with Crippen LogP contribution in [0, 0.1) is 11.6 Å². The smallest absolute Gasteiger partial charge is 0.238 e. The summed E-state index contributed by atoms with van der Waals surface area (Å²) in [5, 5.41) is 2.42. The van der Waals surface area contributed by atoms with E-state index < -0.39 is 11.6 Å².